The van der Waals surface area contributed by atoms with Crippen LogP contribution in [0.4, 0.5) is 39.5 Å². The summed E-state index contributed by atoms with van der Waals surface area (Å²) in [6.07, 6.45) is -16.6. The summed E-state index contributed by atoms with van der Waals surface area (Å²) >= 11 is 0. The predicted molar refractivity (Wildman–Crippen MR) is 161 cm³/mol. The lowest BCUT2D eigenvalue weighted by molar-refractivity contribution is -0.143. The highest BCUT2D eigenvalue weighted by Gasteiger charge is 2.40. The molecule has 0 aromatic heterocycles. The van der Waals surface area contributed by atoms with E-state index in [0.29, 0.717) is 34.4 Å². The van der Waals surface area contributed by atoms with Crippen molar-refractivity contribution in [2.75, 3.05) is 7.11 Å². The number of aryl methyl sites for hydroxylation is 1. The Morgan fingerprint density at radius 3 is 1.94 bits per heavy atom. The van der Waals surface area contributed by atoms with Crippen LogP contribution in [0, 0.1) is 12.8 Å². The highest BCUT2D eigenvalue weighted by molar-refractivity contribution is 5.92. The molecular formula is C35H26F9NO4. The monoisotopic (exact) mass is 695 g/mol. The standard InChI is InChI=1S/C35H26F9NO4/c1-17-10-20(32(46)47)4-7-26(17)19-5-9-30(48-3)28(14-19)27-8-6-23(33(36,37)38)11-21(27)15-29-18(2)31(49-45-29)22-12-24(34(39,40)41)16-25(13-22)35(42,43)44/h4-14,16,18,31H,15H2,1-3H3,(H,46,47)/t18-,31+/m1/s1. The van der Waals surface area contributed by atoms with Crippen LogP contribution in [0.15, 0.2) is 78.0 Å². The largest absolute Gasteiger partial charge is 0.496 e. The van der Waals surface area contributed by atoms with Crippen LogP contribution in [0.25, 0.3) is 22.3 Å². The molecule has 5 nitrogen and oxygen atoms in total. The Hall–Kier alpha value is -5.01. The van der Waals surface area contributed by atoms with Crippen LogP contribution >= 0.6 is 0 Å². The maximum atomic E-state index is 13.9. The third kappa shape index (κ3) is 7.37. The van der Waals surface area contributed by atoms with Gasteiger partial charge >= 0.3 is 24.5 Å². The quantitative estimate of drug-likeness (QED) is 0.196. The van der Waals surface area contributed by atoms with E-state index in [9.17, 15) is 49.4 Å². The first-order valence-corrected chi connectivity index (χ1v) is 14.5. The van der Waals surface area contributed by atoms with Crippen LogP contribution in [0.1, 0.15) is 56.8 Å². The number of oxime groups is 1. The molecule has 0 saturated carbocycles. The Balaban J connectivity index is 1.57. The van der Waals surface area contributed by atoms with Gasteiger partial charge in [-0.15, -0.1) is 0 Å². The average molecular weight is 696 g/mol. The highest BCUT2D eigenvalue weighted by Crippen LogP contribution is 2.43. The van der Waals surface area contributed by atoms with E-state index < -0.39 is 58.8 Å². The number of ether oxygens (including phenoxy) is 1. The number of halogens is 9. The molecular weight excluding hydrogens is 669 g/mol. The van der Waals surface area contributed by atoms with Crippen LogP contribution < -0.4 is 4.74 Å². The fraction of sp³-hybridized carbons (Fsp3) is 0.257. The predicted octanol–water partition coefficient (Wildman–Crippen LogP) is 10.4. The minimum absolute atomic E-state index is 0.0106. The van der Waals surface area contributed by atoms with Gasteiger partial charge in [-0.05, 0) is 94.9 Å². The Labute approximate surface area is 273 Å². The van der Waals surface area contributed by atoms with Gasteiger partial charge in [0.15, 0.2) is 6.10 Å². The fourth-order valence-corrected chi connectivity index (χ4v) is 5.74. The molecule has 1 aliphatic rings. The summed E-state index contributed by atoms with van der Waals surface area (Å²) in [5, 5.41) is 13.3. The van der Waals surface area contributed by atoms with Crippen molar-refractivity contribution in [1.29, 1.82) is 0 Å². The third-order valence-corrected chi connectivity index (χ3v) is 8.28. The van der Waals surface area contributed by atoms with Gasteiger partial charge in [-0.2, -0.15) is 39.5 Å². The second kappa shape index (κ2) is 12.8. The molecule has 258 valence electrons. The van der Waals surface area contributed by atoms with Crippen LogP contribution in [-0.4, -0.2) is 23.9 Å². The lowest BCUT2D eigenvalue weighted by Gasteiger charge is -2.20. The topological polar surface area (TPSA) is 68.1 Å². The van der Waals surface area contributed by atoms with Crippen molar-refractivity contribution < 1.29 is 59.0 Å². The number of carboxylic acids is 1. The van der Waals surface area contributed by atoms with Crippen molar-refractivity contribution >= 4 is 11.7 Å². The average Bonchev–Trinajstić information content (AvgIpc) is 3.38. The molecule has 49 heavy (non-hydrogen) atoms. The lowest BCUT2D eigenvalue weighted by atomic mass is 9.86. The molecule has 1 N–H and O–H groups in total. The summed E-state index contributed by atoms with van der Waals surface area (Å²) in [4.78, 5) is 16.8. The molecule has 2 atom stereocenters. The SMILES string of the molecule is COc1ccc(-c2ccc(C(=O)O)cc2C)cc1-c1ccc(C(F)(F)F)cc1CC1=NO[C@H](c2cc(C(F)(F)F)cc(C(F)(F)F)c2)[C@@H]1C. The molecule has 0 radical (unpaired) electrons. The smallest absolute Gasteiger partial charge is 0.416 e. The van der Waals surface area contributed by atoms with E-state index in [1.165, 1.54) is 32.2 Å². The maximum Gasteiger partial charge on any atom is 0.416 e. The first kappa shape index (κ1) is 35.3. The van der Waals surface area contributed by atoms with E-state index in [1.807, 2.05) is 0 Å². The molecule has 0 fully saturated rings. The zero-order chi connectivity index (χ0) is 36.1. The number of carbonyl (C=O) groups is 1. The first-order chi connectivity index (χ1) is 22.8. The van der Waals surface area contributed by atoms with Crippen molar-refractivity contribution in [3.8, 4) is 28.0 Å². The van der Waals surface area contributed by atoms with E-state index in [-0.39, 0.29) is 40.6 Å². The van der Waals surface area contributed by atoms with Gasteiger partial charge in [-0.3, -0.25) is 0 Å². The molecule has 0 unspecified atom stereocenters. The summed E-state index contributed by atoms with van der Waals surface area (Å²) < 4.78 is 128. The Morgan fingerprint density at radius 2 is 1.39 bits per heavy atom. The second-order valence-corrected chi connectivity index (χ2v) is 11.5. The molecule has 0 spiro atoms. The van der Waals surface area contributed by atoms with E-state index in [4.69, 9.17) is 9.57 Å². The van der Waals surface area contributed by atoms with Gasteiger partial charge in [0.1, 0.15) is 5.75 Å². The van der Waals surface area contributed by atoms with Gasteiger partial charge in [0, 0.05) is 17.9 Å². The van der Waals surface area contributed by atoms with E-state index in [2.05, 4.69) is 5.16 Å². The van der Waals surface area contributed by atoms with Crippen molar-refractivity contribution in [2.45, 2.75) is 44.9 Å². The minimum Gasteiger partial charge on any atom is -0.496 e. The Morgan fingerprint density at radius 1 is 0.776 bits per heavy atom. The van der Waals surface area contributed by atoms with Crippen LogP contribution in [-0.2, 0) is 29.8 Å². The lowest BCUT2D eigenvalue weighted by Crippen LogP contribution is -2.19. The number of carboxylic acid groups (broad SMARTS) is 1. The van der Waals surface area contributed by atoms with Gasteiger partial charge in [-0.1, -0.05) is 30.3 Å². The van der Waals surface area contributed by atoms with Gasteiger partial charge in [-0.25, -0.2) is 4.79 Å². The molecule has 0 bridgehead atoms. The normalized spacial score (nSPS) is 16.7. The molecule has 5 rings (SSSR count). The number of rotatable bonds is 7. The van der Waals surface area contributed by atoms with Crippen molar-refractivity contribution in [2.24, 2.45) is 11.1 Å². The van der Waals surface area contributed by atoms with Gasteiger partial charge < -0.3 is 14.7 Å². The number of benzene rings is 4. The summed E-state index contributed by atoms with van der Waals surface area (Å²) in [5.74, 6) is -1.78. The zero-order valence-electron chi connectivity index (χ0n) is 25.8. The van der Waals surface area contributed by atoms with Crippen LogP contribution in [0.5, 0.6) is 5.75 Å². The molecule has 1 aliphatic heterocycles. The van der Waals surface area contributed by atoms with Crippen molar-refractivity contribution in [3.63, 3.8) is 0 Å². The molecule has 0 amide bonds. The highest BCUT2D eigenvalue weighted by atomic mass is 19.4. The van der Waals surface area contributed by atoms with Gasteiger partial charge in [0.25, 0.3) is 0 Å². The number of nitrogens with zero attached hydrogens (tertiary/aromatic N) is 1. The molecule has 1 heterocycles. The molecule has 4 aromatic carbocycles. The van der Waals surface area contributed by atoms with E-state index in [1.54, 1.807) is 31.2 Å². The minimum atomic E-state index is -5.10. The molecule has 0 aliphatic carbocycles. The summed E-state index contributed by atoms with van der Waals surface area (Å²) in [5.41, 5.74) is -1.80. The van der Waals surface area contributed by atoms with Gasteiger partial charge in [0.05, 0.1) is 35.1 Å². The van der Waals surface area contributed by atoms with Crippen molar-refractivity contribution in [3.05, 3.63) is 112 Å². The number of alkyl halides is 9. The molecule has 14 heteroatoms. The zero-order valence-corrected chi connectivity index (χ0v) is 25.8. The van der Waals surface area contributed by atoms with Crippen LogP contribution in [0.2, 0.25) is 0 Å². The van der Waals surface area contributed by atoms with Crippen LogP contribution in [0.3, 0.4) is 0 Å². The van der Waals surface area contributed by atoms with Crippen molar-refractivity contribution in [1.82, 2.24) is 0 Å². The number of hydrogen-bond donors (Lipinski definition) is 1. The molecule has 0 saturated heterocycles. The summed E-state index contributed by atoms with van der Waals surface area (Å²) in [6.45, 7) is 3.15. The summed E-state index contributed by atoms with van der Waals surface area (Å²) in [6, 6.07) is 13.5. The second-order valence-electron chi connectivity index (χ2n) is 11.5. The number of methoxy groups -OCH3 is 1. The Kier molecular flexibility index (Phi) is 9.21. The molecule has 4 aromatic rings. The first-order valence-electron chi connectivity index (χ1n) is 14.5. The fourth-order valence-electron chi connectivity index (χ4n) is 5.74. The van der Waals surface area contributed by atoms with Gasteiger partial charge in [0.2, 0.25) is 0 Å². The van der Waals surface area contributed by atoms with E-state index in [0.717, 1.165) is 12.1 Å². The number of hydrogen-bond acceptors (Lipinski definition) is 4. The van der Waals surface area contributed by atoms with E-state index >= 15 is 0 Å². The summed E-state index contributed by atoms with van der Waals surface area (Å²) in [7, 11) is 1.36. The Bertz CT molecular complexity index is 1910. The third-order valence-electron chi connectivity index (χ3n) is 8.28. The number of aromatic carboxylic acids is 1. The maximum absolute atomic E-state index is 13.9.